The highest BCUT2D eigenvalue weighted by molar-refractivity contribution is 6.20. The Kier molecular flexibility index (Phi) is 9.20. The second kappa shape index (κ2) is 15.8. The first-order chi connectivity index (χ1) is 31.7. The fourth-order valence-electron chi connectivity index (χ4n) is 9.52. The molecule has 11 aromatic carbocycles. The predicted molar refractivity (Wildman–Crippen MR) is 270 cm³/mol. The Labute approximate surface area is 372 Å². The average Bonchev–Trinajstić information content (AvgIpc) is 3.38. The van der Waals surface area contributed by atoms with Crippen LogP contribution in [0.2, 0.25) is 0 Å². The van der Waals surface area contributed by atoms with E-state index >= 15 is 0 Å². The highest BCUT2D eigenvalue weighted by Gasteiger charge is 2.17. The van der Waals surface area contributed by atoms with Gasteiger partial charge in [0.1, 0.15) is 0 Å². The van der Waals surface area contributed by atoms with E-state index in [1.807, 2.05) is 18.2 Å². The average molecular weight is 813 g/mol. The van der Waals surface area contributed by atoms with Crippen LogP contribution in [0.15, 0.2) is 243 Å². The van der Waals surface area contributed by atoms with Gasteiger partial charge < -0.3 is 0 Å². The summed E-state index contributed by atoms with van der Waals surface area (Å²) in [7, 11) is 0. The minimum atomic E-state index is 0.703. The molecule has 0 saturated heterocycles. The van der Waals surface area contributed by atoms with E-state index in [1.54, 1.807) is 0 Å². The van der Waals surface area contributed by atoms with Gasteiger partial charge in [0.2, 0.25) is 0 Å². The number of aromatic nitrogens is 2. The third kappa shape index (κ3) is 6.70. The fourth-order valence-corrected chi connectivity index (χ4v) is 9.52. The number of benzene rings is 11. The van der Waals surface area contributed by atoms with E-state index < -0.39 is 0 Å². The standard InChI is InChI=1S/C62H40N2/c1-3-14-41(15-4-1)48-20-13-21-50(38-48)59-40-60(64-62(63-59)47-17-5-2-6-18-47)56-37-36-52(54-24-11-12-25-55(54)56)45-30-26-42(27-31-45)43-28-32-46(33-29-43)61-53-23-10-8-19-49(53)39-58-51-22-9-7-16-44(51)34-35-57(58)61/h1-40H. The minimum absolute atomic E-state index is 0.703. The van der Waals surface area contributed by atoms with Gasteiger partial charge in [-0.15, -0.1) is 0 Å². The van der Waals surface area contributed by atoms with E-state index in [2.05, 4.69) is 224 Å². The monoisotopic (exact) mass is 812 g/mol. The first-order valence-electron chi connectivity index (χ1n) is 21.9. The van der Waals surface area contributed by atoms with Crippen LogP contribution in [0.5, 0.6) is 0 Å². The molecule has 0 atom stereocenters. The van der Waals surface area contributed by atoms with Gasteiger partial charge in [0.25, 0.3) is 0 Å². The highest BCUT2D eigenvalue weighted by Crippen LogP contribution is 2.41. The van der Waals surface area contributed by atoms with Crippen LogP contribution in [-0.2, 0) is 0 Å². The first kappa shape index (κ1) is 37.3. The normalized spacial score (nSPS) is 11.4. The maximum absolute atomic E-state index is 5.23. The van der Waals surface area contributed by atoms with Crippen molar-refractivity contribution >= 4 is 43.1 Å². The zero-order valence-corrected chi connectivity index (χ0v) is 35.0. The van der Waals surface area contributed by atoms with Crippen molar-refractivity contribution in [1.29, 1.82) is 0 Å². The molecule has 2 heteroatoms. The molecule has 12 rings (SSSR count). The molecule has 0 aliphatic rings. The van der Waals surface area contributed by atoms with Crippen molar-refractivity contribution in [2.75, 3.05) is 0 Å². The summed E-state index contributed by atoms with van der Waals surface area (Å²) in [5.74, 6) is 0.703. The Hall–Kier alpha value is -8.46. The number of fused-ring (bicyclic) bond motifs is 5. The van der Waals surface area contributed by atoms with Gasteiger partial charge >= 0.3 is 0 Å². The van der Waals surface area contributed by atoms with Crippen molar-refractivity contribution in [3.05, 3.63) is 243 Å². The van der Waals surface area contributed by atoms with E-state index in [-0.39, 0.29) is 0 Å². The largest absolute Gasteiger partial charge is 0.228 e. The number of rotatable bonds is 7. The van der Waals surface area contributed by atoms with Crippen LogP contribution in [0, 0.1) is 0 Å². The summed E-state index contributed by atoms with van der Waals surface area (Å²) in [5.41, 5.74) is 14.4. The molecule has 0 aliphatic heterocycles. The molecule has 0 spiro atoms. The topological polar surface area (TPSA) is 25.8 Å². The maximum Gasteiger partial charge on any atom is 0.160 e. The molecule has 0 amide bonds. The lowest BCUT2D eigenvalue weighted by Crippen LogP contribution is -1.97. The third-order valence-electron chi connectivity index (χ3n) is 12.7. The van der Waals surface area contributed by atoms with Gasteiger partial charge in [-0.25, -0.2) is 9.97 Å². The quantitative estimate of drug-likeness (QED) is 0.118. The molecule has 64 heavy (non-hydrogen) atoms. The Morgan fingerprint density at radius 1 is 0.219 bits per heavy atom. The van der Waals surface area contributed by atoms with E-state index in [4.69, 9.17) is 9.97 Å². The second-order valence-corrected chi connectivity index (χ2v) is 16.5. The summed E-state index contributed by atoms with van der Waals surface area (Å²) >= 11 is 0. The molecular weight excluding hydrogens is 773 g/mol. The summed E-state index contributed by atoms with van der Waals surface area (Å²) in [6, 6.07) is 87.2. The smallest absolute Gasteiger partial charge is 0.160 e. The van der Waals surface area contributed by atoms with Crippen molar-refractivity contribution in [3.8, 4) is 78.4 Å². The van der Waals surface area contributed by atoms with Gasteiger partial charge in [-0.2, -0.15) is 0 Å². The van der Waals surface area contributed by atoms with Gasteiger partial charge in [0.15, 0.2) is 5.82 Å². The van der Waals surface area contributed by atoms with Gasteiger partial charge in [-0.05, 0) is 106 Å². The van der Waals surface area contributed by atoms with Crippen LogP contribution in [0.3, 0.4) is 0 Å². The summed E-state index contributed by atoms with van der Waals surface area (Å²) in [4.78, 5) is 10.4. The van der Waals surface area contributed by atoms with Crippen LogP contribution in [0.25, 0.3) is 122 Å². The molecule has 12 aromatic rings. The molecule has 0 bridgehead atoms. The van der Waals surface area contributed by atoms with E-state index in [1.165, 1.54) is 76.6 Å². The Morgan fingerprint density at radius 3 is 1.47 bits per heavy atom. The van der Waals surface area contributed by atoms with Crippen molar-refractivity contribution in [1.82, 2.24) is 9.97 Å². The molecule has 0 saturated carbocycles. The maximum atomic E-state index is 5.23. The fraction of sp³-hybridized carbons (Fsp3) is 0. The summed E-state index contributed by atoms with van der Waals surface area (Å²) < 4.78 is 0. The third-order valence-corrected chi connectivity index (χ3v) is 12.7. The van der Waals surface area contributed by atoms with Crippen molar-refractivity contribution in [3.63, 3.8) is 0 Å². The van der Waals surface area contributed by atoms with Crippen molar-refractivity contribution < 1.29 is 0 Å². The van der Waals surface area contributed by atoms with Crippen LogP contribution >= 0.6 is 0 Å². The zero-order chi connectivity index (χ0) is 42.4. The SMILES string of the molecule is c1ccc(-c2cccc(-c3cc(-c4ccc(-c5ccc(-c6ccc(-c7c8ccccc8cc8c7ccc7ccccc78)cc6)cc5)c5ccccc45)nc(-c4ccccc4)n3)c2)cc1. The lowest BCUT2D eigenvalue weighted by molar-refractivity contribution is 1.18. The predicted octanol–water partition coefficient (Wildman–Crippen LogP) is 16.8. The van der Waals surface area contributed by atoms with E-state index in [0.717, 1.165) is 39.0 Å². The first-order valence-corrected chi connectivity index (χ1v) is 21.9. The number of hydrogen-bond acceptors (Lipinski definition) is 2. The van der Waals surface area contributed by atoms with Gasteiger partial charge in [0, 0.05) is 16.7 Å². The molecule has 0 N–H and O–H groups in total. The number of hydrogen-bond donors (Lipinski definition) is 0. The Balaban J connectivity index is 0.901. The molecule has 0 aliphatic carbocycles. The van der Waals surface area contributed by atoms with Crippen molar-refractivity contribution in [2.24, 2.45) is 0 Å². The lowest BCUT2D eigenvalue weighted by atomic mass is 9.89. The summed E-state index contributed by atoms with van der Waals surface area (Å²) in [5, 5.41) is 9.96. The van der Waals surface area contributed by atoms with Gasteiger partial charge in [0.05, 0.1) is 11.4 Å². The summed E-state index contributed by atoms with van der Waals surface area (Å²) in [6.07, 6.45) is 0. The zero-order valence-electron chi connectivity index (χ0n) is 35.0. The van der Waals surface area contributed by atoms with E-state index in [9.17, 15) is 0 Å². The Bertz CT molecular complexity index is 3690. The van der Waals surface area contributed by atoms with E-state index in [0.29, 0.717) is 5.82 Å². The molecule has 0 fully saturated rings. The van der Waals surface area contributed by atoms with Crippen LogP contribution in [-0.4, -0.2) is 9.97 Å². The molecule has 0 unspecified atom stereocenters. The molecular formula is C62H40N2. The van der Waals surface area contributed by atoms with Crippen LogP contribution in [0.1, 0.15) is 0 Å². The van der Waals surface area contributed by atoms with Gasteiger partial charge in [-0.3, -0.25) is 0 Å². The minimum Gasteiger partial charge on any atom is -0.228 e. The molecule has 2 nitrogen and oxygen atoms in total. The van der Waals surface area contributed by atoms with Crippen LogP contribution in [0.4, 0.5) is 0 Å². The molecule has 298 valence electrons. The van der Waals surface area contributed by atoms with Crippen molar-refractivity contribution in [2.45, 2.75) is 0 Å². The Morgan fingerprint density at radius 2 is 0.734 bits per heavy atom. The molecule has 1 heterocycles. The number of nitrogens with zero attached hydrogens (tertiary/aromatic N) is 2. The highest BCUT2D eigenvalue weighted by atomic mass is 14.9. The molecule has 1 aromatic heterocycles. The lowest BCUT2D eigenvalue weighted by Gasteiger charge is -2.15. The molecule has 0 radical (unpaired) electrons. The van der Waals surface area contributed by atoms with Crippen LogP contribution < -0.4 is 0 Å². The van der Waals surface area contributed by atoms with Gasteiger partial charge in [-0.1, -0.05) is 224 Å². The summed E-state index contributed by atoms with van der Waals surface area (Å²) in [6.45, 7) is 0. The second-order valence-electron chi connectivity index (χ2n) is 16.5.